The Kier molecular flexibility index (Phi) is 2.93. The number of nitrogens with zero attached hydrogens (tertiary/aromatic N) is 1. The predicted octanol–water partition coefficient (Wildman–Crippen LogP) is 1.28. The highest BCUT2D eigenvalue weighted by atomic mass is 16.2. The summed E-state index contributed by atoms with van der Waals surface area (Å²) in [5.74, 6) is -0.111. The van der Waals surface area contributed by atoms with Crippen LogP contribution in [0.1, 0.15) is 39.5 Å². The number of hydrogen-bond donors (Lipinski definition) is 1. The summed E-state index contributed by atoms with van der Waals surface area (Å²) in [5, 5.41) is 2.23. The number of imide groups is 2. The molecule has 17 heavy (non-hydrogen) atoms. The molecule has 2 aliphatic rings. The molecule has 1 aliphatic heterocycles. The zero-order valence-corrected chi connectivity index (χ0v) is 10.3. The molecule has 1 aliphatic carbocycles. The maximum atomic E-state index is 12.0. The largest absolute Gasteiger partial charge is 0.330 e. The summed E-state index contributed by atoms with van der Waals surface area (Å²) in [7, 11) is 0. The highest BCUT2D eigenvalue weighted by Crippen LogP contribution is 2.33. The molecule has 5 heteroatoms. The average Bonchev–Trinajstić information content (AvgIpc) is 3.05. The minimum Gasteiger partial charge on any atom is -0.277 e. The molecule has 0 atom stereocenters. The third-order valence-corrected chi connectivity index (χ3v) is 3.50. The fourth-order valence-electron chi connectivity index (χ4n) is 2.00. The van der Waals surface area contributed by atoms with Gasteiger partial charge in [0.1, 0.15) is 5.41 Å². The molecule has 0 aromatic heterocycles. The Labute approximate surface area is 101 Å². The van der Waals surface area contributed by atoms with Crippen molar-refractivity contribution in [3.8, 4) is 0 Å². The highest BCUT2D eigenvalue weighted by Gasteiger charge is 2.46. The number of barbiturate groups is 1. The maximum Gasteiger partial charge on any atom is 0.330 e. The number of hydrogen-bond acceptors (Lipinski definition) is 3. The van der Waals surface area contributed by atoms with E-state index in [0.717, 1.165) is 18.8 Å². The van der Waals surface area contributed by atoms with Crippen molar-refractivity contribution >= 4 is 17.8 Å². The van der Waals surface area contributed by atoms with Crippen LogP contribution in [-0.2, 0) is 9.59 Å². The van der Waals surface area contributed by atoms with E-state index in [9.17, 15) is 14.4 Å². The summed E-state index contributed by atoms with van der Waals surface area (Å²) >= 11 is 0. The second kappa shape index (κ2) is 4.13. The maximum absolute atomic E-state index is 12.0. The van der Waals surface area contributed by atoms with Crippen LogP contribution in [0.5, 0.6) is 0 Å². The predicted molar refractivity (Wildman–Crippen MR) is 61.0 cm³/mol. The SMILES string of the molecule is CC1(C)C(=O)NC(=O)N(CCCC2CC2)C1=O. The van der Waals surface area contributed by atoms with E-state index in [1.807, 2.05) is 0 Å². The summed E-state index contributed by atoms with van der Waals surface area (Å²) < 4.78 is 0. The molecular formula is C12H18N2O3. The molecule has 2 rings (SSSR count). The van der Waals surface area contributed by atoms with Gasteiger partial charge < -0.3 is 0 Å². The molecule has 1 N–H and O–H groups in total. The summed E-state index contributed by atoms with van der Waals surface area (Å²) in [4.78, 5) is 36.2. The molecule has 0 bridgehead atoms. The van der Waals surface area contributed by atoms with Crippen molar-refractivity contribution in [3.63, 3.8) is 0 Å². The first-order valence-electron chi connectivity index (χ1n) is 6.10. The fraction of sp³-hybridized carbons (Fsp3) is 0.750. The number of rotatable bonds is 4. The van der Waals surface area contributed by atoms with Gasteiger partial charge in [0.05, 0.1) is 0 Å². The van der Waals surface area contributed by atoms with Crippen molar-refractivity contribution in [3.05, 3.63) is 0 Å². The molecule has 1 saturated carbocycles. The molecule has 2 fully saturated rings. The van der Waals surface area contributed by atoms with Crippen molar-refractivity contribution in [1.29, 1.82) is 0 Å². The van der Waals surface area contributed by atoms with Gasteiger partial charge in [-0.1, -0.05) is 12.8 Å². The Morgan fingerprint density at radius 3 is 2.53 bits per heavy atom. The number of urea groups is 1. The monoisotopic (exact) mass is 238 g/mol. The fourth-order valence-corrected chi connectivity index (χ4v) is 2.00. The lowest BCUT2D eigenvalue weighted by molar-refractivity contribution is -0.149. The summed E-state index contributed by atoms with van der Waals surface area (Å²) in [6, 6.07) is -0.574. The Hall–Kier alpha value is -1.39. The van der Waals surface area contributed by atoms with Crippen LogP contribution in [0.3, 0.4) is 0 Å². The molecule has 1 saturated heterocycles. The van der Waals surface area contributed by atoms with Gasteiger partial charge in [-0.15, -0.1) is 0 Å². The topological polar surface area (TPSA) is 66.5 Å². The van der Waals surface area contributed by atoms with Gasteiger partial charge in [-0.3, -0.25) is 19.8 Å². The Morgan fingerprint density at radius 2 is 1.94 bits per heavy atom. The third-order valence-electron chi connectivity index (χ3n) is 3.50. The first-order valence-corrected chi connectivity index (χ1v) is 6.10. The summed E-state index contributed by atoms with van der Waals surface area (Å²) in [5.41, 5.74) is -1.13. The highest BCUT2D eigenvalue weighted by molar-refractivity contribution is 6.18. The second-order valence-corrected chi connectivity index (χ2v) is 5.43. The first-order chi connectivity index (χ1) is 7.93. The van der Waals surface area contributed by atoms with E-state index in [1.165, 1.54) is 17.7 Å². The minimum absolute atomic E-state index is 0.387. The standard InChI is InChI=1S/C12H18N2O3/c1-12(2)9(15)13-11(17)14(10(12)16)7-3-4-8-5-6-8/h8H,3-7H2,1-2H3,(H,13,15,17). The van der Waals surface area contributed by atoms with Crippen molar-refractivity contribution < 1.29 is 14.4 Å². The number of nitrogens with one attached hydrogen (secondary N) is 1. The van der Waals surface area contributed by atoms with E-state index in [-0.39, 0.29) is 5.91 Å². The lowest BCUT2D eigenvalue weighted by Crippen LogP contribution is -2.61. The normalized spacial score (nSPS) is 23.9. The Balaban J connectivity index is 1.96. The van der Waals surface area contributed by atoms with Gasteiger partial charge in [-0.25, -0.2) is 4.79 Å². The Morgan fingerprint density at radius 1 is 1.29 bits per heavy atom. The first kappa shape index (κ1) is 12.1. The number of carbonyl (C=O) groups is 3. The summed E-state index contributed by atoms with van der Waals surface area (Å²) in [6.45, 7) is 3.51. The smallest absolute Gasteiger partial charge is 0.277 e. The van der Waals surface area contributed by atoms with Crippen LogP contribution >= 0.6 is 0 Å². The second-order valence-electron chi connectivity index (χ2n) is 5.43. The van der Waals surface area contributed by atoms with Crippen LogP contribution in [0.2, 0.25) is 0 Å². The van der Waals surface area contributed by atoms with Gasteiger partial charge in [-0.2, -0.15) is 0 Å². The summed E-state index contributed by atoms with van der Waals surface area (Å²) in [6.07, 6.45) is 4.42. The molecule has 0 aromatic carbocycles. The van der Waals surface area contributed by atoms with Gasteiger partial charge in [-0.05, 0) is 32.6 Å². The van der Waals surface area contributed by atoms with Crippen molar-refractivity contribution in [1.82, 2.24) is 10.2 Å². The van der Waals surface area contributed by atoms with E-state index in [1.54, 1.807) is 13.8 Å². The van der Waals surface area contributed by atoms with Crippen molar-refractivity contribution in [2.24, 2.45) is 11.3 Å². The van der Waals surface area contributed by atoms with Crippen LogP contribution in [0.4, 0.5) is 4.79 Å². The lowest BCUT2D eigenvalue weighted by Gasteiger charge is -2.34. The minimum atomic E-state index is -1.13. The van der Waals surface area contributed by atoms with E-state index in [4.69, 9.17) is 0 Å². The average molecular weight is 238 g/mol. The van der Waals surface area contributed by atoms with Gasteiger partial charge in [0, 0.05) is 6.54 Å². The van der Waals surface area contributed by atoms with Gasteiger partial charge >= 0.3 is 6.03 Å². The van der Waals surface area contributed by atoms with Crippen LogP contribution in [0, 0.1) is 11.3 Å². The molecule has 94 valence electrons. The molecular weight excluding hydrogens is 220 g/mol. The quantitative estimate of drug-likeness (QED) is 0.750. The van der Waals surface area contributed by atoms with Crippen LogP contribution < -0.4 is 5.32 Å². The molecule has 0 unspecified atom stereocenters. The third kappa shape index (κ3) is 2.33. The van der Waals surface area contributed by atoms with Crippen molar-refractivity contribution in [2.75, 3.05) is 6.54 Å². The number of carbonyl (C=O) groups excluding carboxylic acids is 3. The van der Waals surface area contributed by atoms with Gasteiger partial charge in [0.2, 0.25) is 11.8 Å². The lowest BCUT2D eigenvalue weighted by atomic mass is 9.88. The molecule has 0 spiro atoms. The zero-order valence-electron chi connectivity index (χ0n) is 10.3. The zero-order chi connectivity index (χ0) is 12.6. The van der Waals surface area contributed by atoms with Crippen LogP contribution in [0.15, 0.2) is 0 Å². The van der Waals surface area contributed by atoms with Crippen LogP contribution in [-0.4, -0.2) is 29.3 Å². The molecule has 4 amide bonds. The molecule has 5 nitrogen and oxygen atoms in total. The number of amides is 4. The van der Waals surface area contributed by atoms with E-state index >= 15 is 0 Å². The van der Waals surface area contributed by atoms with Gasteiger partial charge in [0.25, 0.3) is 0 Å². The Bertz CT molecular complexity index is 372. The van der Waals surface area contributed by atoms with Gasteiger partial charge in [0.15, 0.2) is 0 Å². The molecule has 1 heterocycles. The van der Waals surface area contributed by atoms with Crippen LogP contribution in [0.25, 0.3) is 0 Å². The van der Waals surface area contributed by atoms with E-state index < -0.39 is 17.4 Å². The molecule has 0 radical (unpaired) electrons. The molecule has 0 aromatic rings. The van der Waals surface area contributed by atoms with E-state index in [0.29, 0.717) is 6.54 Å². The van der Waals surface area contributed by atoms with Crippen molar-refractivity contribution in [2.45, 2.75) is 39.5 Å². The van der Waals surface area contributed by atoms with E-state index in [2.05, 4.69) is 5.32 Å².